The zero-order chi connectivity index (χ0) is 15.3. The molecule has 0 bridgehead atoms. The molecule has 1 aliphatic rings. The molecule has 2 rings (SSSR count). The van der Waals surface area contributed by atoms with Gasteiger partial charge in [-0.2, -0.15) is 0 Å². The average molecular weight is 311 g/mol. The predicted molar refractivity (Wildman–Crippen MR) is 81.6 cm³/mol. The molecule has 1 saturated carbocycles. The van der Waals surface area contributed by atoms with Crippen molar-refractivity contribution >= 4 is 15.9 Å². The first kappa shape index (κ1) is 15.8. The second kappa shape index (κ2) is 6.91. The third kappa shape index (κ3) is 4.18. The summed E-state index contributed by atoms with van der Waals surface area (Å²) in [6.45, 7) is 0.214. The summed E-state index contributed by atoms with van der Waals surface area (Å²) in [4.78, 5) is 0. The van der Waals surface area contributed by atoms with Gasteiger partial charge in [0.05, 0.1) is 5.25 Å². The van der Waals surface area contributed by atoms with Crippen LogP contribution in [0.1, 0.15) is 43.2 Å². The summed E-state index contributed by atoms with van der Waals surface area (Å²) in [5.74, 6) is 0.00647. The van der Waals surface area contributed by atoms with Gasteiger partial charge in [0.2, 0.25) is 10.0 Å². The van der Waals surface area contributed by atoms with Crippen molar-refractivity contribution in [2.45, 2.75) is 43.9 Å². The maximum Gasteiger partial charge on any atom is 0.214 e. The molecule has 0 spiro atoms. The second-order valence-electron chi connectivity index (χ2n) is 5.31. The molecule has 1 aliphatic carbocycles. The summed E-state index contributed by atoms with van der Waals surface area (Å²) in [5, 5.41) is 11.3. The number of oxime groups is 1. The van der Waals surface area contributed by atoms with E-state index in [0.717, 1.165) is 37.7 Å². The number of rotatable bonds is 5. The molecule has 1 fully saturated rings. The molecule has 0 saturated heterocycles. The van der Waals surface area contributed by atoms with Gasteiger partial charge in [-0.25, -0.2) is 13.1 Å². The number of amidine groups is 1. The quantitative estimate of drug-likeness (QED) is 0.332. The first-order valence-corrected chi connectivity index (χ1v) is 8.63. The molecule has 21 heavy (non-hydrogen) atoms. The van der Waals surface area contributed by atoms with Gasteiger partial charge in [0.25, 0.3) is 0 Å². The van der Waals surface area contributed by atoms with Gasteiger partial charge < -0.3 is 10.9 Å². The van der Waals surface area contributed by atoms with Crippen LogP contribution >= 0.6 is 0 Å². The molecular formula is C14H21N3O3S. The molecular weight excluding hydrogens is 290 g/mol. The van der Waals surface area contributed by atoms with Crippen molar-refractivity contribution in [2.75, 3.05) is 0 Å². The van der Waals surface area contributed by atoms with Crippen molar-refractivity contribution < 1.29 is 13.6 Å². The molecule has 1 aromatic carbocycles. The molecule has 116 valence electrons. The van der Waals surface area contributed by atoms with Crippen LogP contribution < -0.4 is 10.5 Å². The van der Waals surface area contributed by atoms with Gasteiger partial charge in [-0.1, -0.05) is 42.6 Å². The molecule has 4 N–H and O–H groups in total. The van der Waals surface area contributed by atoms with Gasteiger partial charge in [0.1, 0.15) is 0 Å². The zero-order valence-electron chi connectivity index (χ0n) is 11.8. The Morgan fingerprint density at radius 2 is 2.05 bits per heavy atom. The van der Waals surface area contributed by atoms with Gasteiger partial charge in [-0.3, -0.25) is 0 Å². The van der Waals surface area contributed by atoms with Crippen molar-refractivity contribution in [1.29, 1.82) is 0 Å². The van der Waals surface area contributed by atoms with Gasteiger partial charge in [0.15, 0.2) is 5.84 Å². The maximum atomic E-state index is 12.2. The van der Waals surface area contributed by atoms with Crippen LogP contribution in [-0.4, -0.2) is 24.7 Å². The molecule has 0 radical (unpaired) electrons. The van der Waals surface area contributed by atoms with Crippen LogP contribution in [0.2, 0.25) is 0 Å². The number of sulfonamides is 1. The molecule has 0 unspecified atom stereocenters. The largest absolute Gasteiger partial charge is 0.409 e. The lowest BCUT2D eigenvalue weighted by Gasteiger charge is -2.22. The first-order valence-electron chi connectivity index (χ1n) is 7.08. The Hall–Kier alpha value is -1.60. The topological polar surface area (TPSA) is 105 Å². The van der Waals surface area contributed by atoms with Crippen LogP contribution in [0.3, 0.4) is 0 Å². The van der Waals surface area contributed by atoms with E-state index in [0.29, 0.717) is 5.56 Å². The lowest BCUT2D eigenvalue weighted by molar-refractivity contribution is 0.318. The molecule has 0 atom stereocenters. The molecule has 0 aromatic heterocycles. The molecule has 6 nitrogen and oxygen atoms in total. The third-order valence-electron chi connectivity index (χ3n) is 3.80. The fourth-order valence-corrected chi connectivity index (χ4v) is 4.13. The molecule has 1 aromatic rings. The third-order valence-corrected chi connectivity index (χ3v) is 5.69. The van der Waals surface area contributed by atoms with Gasteiger partial charge in [0, 0.05) is 12.1 Å². The summed E-state index contributed by atoms with van der Waals surface area (Å²) in [6.07, 6.45) is 4.54. The minimum Gasteiger partial charge on any atom is -0.409 e. The van der Waals surface area contributed by atoms with Gasteiger partial charge in [-0.05, 0) is 24.5 Å². The van der Waals surface area contributed by atoms with Crippen molar-refractivity contribution in [3.8, 4) is 0 Å². The van der Waals surface area contributed by atoms with Crippen LogP contribution in [0.5, 0.6) is 0 Å². The van der Waals surface area contributed by atoms with E-state index in [9.17, 15) is 8.42 Å². The summed E-state index contributed by atoms with van der Waals surface area (Å²) in [7, 11) is -3.28. The smallest absolute Gasteiger partial charge is 0.214 e. The van der Waals surface area contributed by atoms with E-state index in [4.69, 9.17) is 10.9 Å². The van der Waals surface area contributed by atoms with Crippen LogP contribution in [-0.2, 0) is 16.6 Å². The molecule has 7 heteroatoms. The number of hydrogen-bond acceptors (Lipinski definition) is 4. The number of hydrogen-bond donors (Lipinski definition) is 3. The van der Waals surface area contributed by atoms with Crippen LogP contribution in [0, 0.1) is 0 Å². The van der Waals surface area contributed by atoms with Crippen LogP contribution in [0.15, 0.2) is 29.4 Å². The number of nitrogens with two attached hydrogens (primary N) is 1. The van der Waals surface area contributed by atoms with Crippen molar-refractivity contribution in [3.63, 3.8) is 0 Å². The van der Waals surface area contributed by atoms with Crippen LogP contribution in [0.25, 0.3) is 0 Å². The van der Waals surface area contributed by atoms with Crippen LogP contribution in [0.4, 0.5) is 0 Å². The van der Waals surface area contributed by atoms with E-state index in [2.05, 4.69) is 9.88 Å². The van der Waals surface area contributed by atoms with Crippen molar-refractivity contribution in [2.24, 2.45) is 10.9 Å². The fourth-order valence-electron chi connectivity index (χ4n) is 2.58. The standard InChI is InChI=1S/C14H21N3O3S/c15-14(17-18)12-6-4-5-11(9-12)10-16-21(19,20)13-7-2-1-3-8-13/h4-6,9,13,16,18H,1-3,7-8,10H2,(H2,15,17). The van der Waals surface area contributed by atoms with E-state index in [1.165, 1.54) is 0 Å². The summed E-state index contributed by atoms with van der Waals surface area (Å²) in [5.41, 5.74) is 6.86. The summed E-state index contributed by atoms with van der Waals surface area (Å²) >= 11 is 0. The van der Waals surface area contributed by atoms with E-state index in [1.54, 1.807) is 24.3 Å². The highest BCUT2D eigenvalue weighted by Gasteiger charge is 2.26. The van der Waals surface area contributed by atoms with Crippen molar-refractivity contribution in [3.05, 3.63) is 35.4 Å². The van der Waals surface area contributed by atoms with E-state index in [1.807, 2.05) is 0 Å². The summed E-state index contributed by atoms with van der Waals surface area (Å²) in [6, 6.07) is 6.96. The highest BCUT2D eigenvalue weighted by Crippen LogP contribution is 2.23. The maximum absolute atomic E-state index is 12.2. The summed E-state index contributed by atoms with van der Waals surface area (Å²) < 4.78 is 27.1. The lowest BCUT2D eigenvalue weighted by atomic mass is 10.0. The number of nitrogens with zero attached hydrogens (tertiary/aromatic N) is 1. The monoisotopic (exact) mass is 311 g/mol. The SMILES string of the molecule is NC(=NO)c1cccc(CNS(=O)(=O)C2CCCCC2)c1. The highest BCUT2D eigenvalue weighted by atomic mass is 32.2. The molecule has 0 heterocycles. The Morgan fingerprint density at radius 1 is 1.33 bits per heavy atom. The van der Waals surface area contributed by atoms with Gasteiger partial charge >= 0.3 is 0 Å². The average Bonchev–Trinajstić information content (AvgIpc) is 2.53. The second-order valence-corrected chi connectivity index (χ2v) is 7.36. The Kier molecular flexibility index (Phi) is 5.19. The van der Waals surface area contributed by atoms with Crippen molar-refractivity contribution in [1.82, 2.24) is 4.72 Å². The van der Waals surface area contributed by atoms with E-state index >= 15 is 0 Å². The minimum absolute atomic E-state index is 0.00647. The Morgan fingerprint density at radius 3 is 2.71 bits per heavy atom. The number of benzene rings is 1. The minimum atomic E-state index is -3.28. The molecule has 0 aliphatic heterocycles. The number of nitrogens with one attached hydrogen (secondary N) is 1. The van der Waals surface area contributed by atoms with Gasteiger partial charge in [-0.15, -0.1) is 0 Å². The first-order chi connectivity index (χ1) is 10.0. The zero-order valence-corrected chi connectivity index (χ0v) is 12.6. The Balaban J connectivity index is 2.02. The predicted octanol–water partition coefficient (Wildman–Crippen LogP) is 1.53. The Labute approximate surface area is 125 Å². The lowest BCUT2D eigenvalue weighted by Crippen LogP contribution is -2.35. The molecule has 0 amide bonds. The normalized spacial score (nSPS) is 17.8. The van der Waals surface area contributed by atoms with E-state index in [-0.39, 0.29) is 17.6 Å². The highest BCUT2D eigenvalue weighted by molar-refractivity contribution is 7.90. The van der Waals surface area contributed by atoms with E-state index < -0.39 is 10.0 Å². The Bertz CT molecular complexity index is 608. The fraction of sp³-hybridized carbons (Fsp3) is 0.500.